The van der Waals surface area contributed by atoms with Crippen molar-refractivity contribution in [3.05, 3.63) is 46.9 Å². The van der Waals surface area contributed by atoms with Crippen LogP contribution in [-0.2, 0) is 16.1 Å². The number of carbonyl (C=O) groups excluding carboxylic acids is 1. The molecule has 0 bridgehead atoms. The zero-order valence-corrected chi connectivity index (χ0v) is 19.1. The van der Waals surface area contributed by atoms with Gasteiger partial charge in [0.05, 0.1) is 32.4 Å². The zero-order valence-electron chi connectivity index (χ0n) is 18.3. The van der Waals surface area contributed by atoms with Gasteiger partial charge in [0.2, 0.25) is 5.91 Å². The van der Waals surface area contributed by atoms with E-state index in [0.717, 1.165) is 17.5 Å². The lowest BCUT2D eigenvalue weighted by Gasteiger charge is -2.23. The summed E-state index contributed by atoms with van der Waals surface area (Å²) < 4.78 is 24.2. The maximum Gasteiger partial charge on any atom is 0.420 e. The topological polar surface area (TPSA) is 96.0 Å². The maximum atomic E-state index is 13.6. The minimum Gasteiger partial charge on any atom is -0.495 e. The fourth-order valence-electron chi connectivity index (χ4n) is 4.05. The number of methoxy groups -OCH3 is 2. The van der Waals surface area contributed by atoms with Crippen LogP contribution in [0.4, 0.5) is 5.13 Å². The quantitative estimate of drug-likeness (QED) is 0.409. The van der Waals surface area contributed by atoms with E-state index in [1.54, 1.807) is 49.5 Å². The van der Waals surface area contributed by atoms with Crippen LogP contribution < -0.4 is 20.1 Å². The fraction of sp³-hybridized carbons (Fsp3) is 0.348. The summed E-state index contributed by atoms with van der Waals surface area (Å²) in [5.74, 6) is 0.386. The standard InChI is InChI=1S/C23H23N3O6S/c1-29-17-9-10-18(30-2)21-20(17)24-22(33-21)26(12-14-6-5-11-31-14)19(27)13-25-15-7-3-4-8-16(15)32-23(25)28/h3-4,7-10,14H,5-6,11-13H2,1-2H3. The van der Waals surface area contributed by atoms with Crippen molar-refractivity contribution in [3.8, 4) is 11.5 Å². The fourth-order valence-corrected chi connectivity index (χ4v) is 5.15. The Kier molecular flexibility index (Phi) is 5.77. The number of benzene rings is 2. The summed E-state index contributed by atoms with van der Waals surface area (Å²) in [7, 11) is 3.17. The number of anilines is 1. The molecule has 3 heterocycles. The molecule has 5 rings (SSSR count). The van der Waals surface area contributed by atoms with Crippen molar-refractivity contribution in [1.82, 2.24) is 9.55 Å². The van der Waals surface area contributed by atoms with Crippen LogP contribution in [0.15, 0.2) is 45.6 Å². The molecule has 1 amide bonds. The minimum absolute atomic E-state index is 0.0948. The average Bonchev–Trinajstić information content (AvgIpc) is 3.56. The molecule has 1 fully saturated rings. The molecule has 2 aromatic heterocycles. The van der Waals surface area contributed by atoms with Crippen molar-refractivity contribution in [1.29, 1.82) is 0 Å². The van der Waals surface area contributed by atoms with Crippen molar-refractivity contribution in [3.63, 3.8) is 0 Å². The first-order valence-corrected chi connectivity index (χ1v) is 11.4. The highest BCUT2D eigenvalue weighted by Crippen LogP contribution is 2.40. The van der Waals surface area contributed by atoms with E-state index in [1.165, 1.54) is 15.9 Å². The number of para-hydroxylation sites is 2. The molecule has 1 saturated heterocycles. The molecule has 0 aliphatic carbocycles. The lowest BCUT2D eigenvalue weighted by atomic mass is 10.2. The summed E-state index contributed by atoms with van der Waals surface area (Å²) in [4.78, 5) is 32.3. The average molecular weight is 470 g/mol. The van der Waals surface area contributed by atoms with Crippen LogP contribution in [0, 0.1) is 0 Å². The van der Waals surface area contributed by atoms with Crippen LogP contribution in [0.1, 0.15) is 12.8 Å². The first-order valence-electron chi connectivity index (χ1n) is 10.6. The monoisotopic (exact) mass is 469 g/mol. The largest absolute Gasteiger partial charge is 0.495 e. The summed E-state index contributed by atoms with van der Waals surface area (Å²) in [6.45, 7) is 0.834. The molecule has 1 aliphatic heterocycles. The summed E-state index contributed by atoms with van der Waals surface area (Å²) >= 11 is 1.34. The van der Waals surface area contributed by atoms with Crippen molar-refractivity contribution in [2.24, 2.45) is 0 Å². The number of fused-ring (bicyclic) bond motifs is 2. The number of thiazole rings is 1. The number of carbonyl (C=O) groups is 1. The second kappa shape index (κ2) is 8.87. The molecular formula is C23H23N3O6S. The molecule has 1 atom stereocenters. The molecule has 0 radical (unpaired) electrons. The van der Waals surface area contributed by atoms with E-state index < -0.39 is 5.76 Å². The summed E-state index contributed by atoms with van der Waals surface area (Å²) in [6.07, 6.45) is 1.71. The Morgan fingerprint density at radius 3 is 2.76 bits per heavy atom. The lowest BCUT2D eigenvalue weighted by molar-refractivity contribution is -0.119. The molecule has 1 unspecified atom stereocenters. The Morgan fingerprint density at radius 2 is 2.00 bits per heavy atom. The highest BCUT2D eigenvalue weighted by atomic mass is 32.1. The third-order valence-corrected chi connectivity index (χ3v) is 6.80. The molecule has 0 N–H and O–H groups in total. The van der Waals surface area contributed by atoms with Gasteiger partial charge in [-0.15, -0.1) is 0 Å². The number of hydrogen-bond donors (Lipinski definition) is 0. The van der Waals surface area contributed by atoms with Gasteiger partial charge in [-0.3, -0.25) is 14.3 Å². The number of rotatable bonds is 7. The van der Waals surface area contributed by atoms with Gasteiger partial charge in [-0.1, -0.05) is 23.5 Å². The van der Waals surface area contributed by atoms with Gasteiger partial charge in [0.25, 0.3) is 0 Å². The van der Waals surface area contributed by atoms with Crippen molar-refractivity contribution in [2.75, 3.05) is 32.3 Å². The minimum atomic E-state index is -0.575. The Hall–Kier alpha value is -3.37. The predicted molar refractivity (Wildman–Crippen MR) is 125 cm³/mol. The van der Waals surface area contributed by atoms with Crippen molar-refractivity contribution in [2.45, 2.75) is 25.5 Å². The number of aromatic nitrogens is 2. The molecule has 33 heavy (non-hydrogen) atoms. The van der Waals surface area contributed by atoms with E-state index in [-0.39, 0.29) is 18.6 Å². The summed E-state index contributed by atoms with van der Waals surface area (Å²) in [5.41, 5.74) is 1.63. The van der Waals surface area contributed by atoms with Gasteiger partial charge in [0, 0.05) is 6.61 Å². The molecule has 1 aliphatic rings. The first kappa shape index (κ1) is 21.5. The van der Waals surface area contributed by atoms with Gasteiger partial charge < -0.3 is 18.6 Å². The maximum absolute atomic E-state index is 13.6. The first-order chi connectivity index (χ1) is 16.1. The second-order valence-corrected chi connectivity index (χ2v) is 8.68. The Morgan fingerprint density at radius 1 is 1.21 bits per heavy atom. The van der Waals surface area contributed by atoms with Crippen molar-refractivity contribution < 1.29 is 23.4 Å². The molecule has 4 aromatic rings. The van der Waals surface area contributed by atoms with E-state index in [4.69, 9.17) is 23.6 Å². The molecular weight excluding hydrogens is 446 g/mol. The second-order valence-electron chi connectivity index (χ2n) is 7.71. The number of ether oxygens (including phenoxy) is 3. The van der Waals surface area contributed by atoms with E-state index in [2.05, 4.69) is 0 Å². The Balaban J connectivity index is 1.55. The van der Waals surface area contributed by atoms with Crippen LogP contribution in [0.5, 0.6) is 11.5 Å². The number of hydrogen-bond acceptors (Lipinski definition) is 8. The van der Waals surface area contributed by atoms with E-state index in [0.29, 0.717) is 46.4 Å². The third kappa shape index (κ3) is 3.96. The van der Waals surface area contributed by atoms with E-state index in [9.17, 15) is 9.59 Å². The highest BCUT2D eigenvalue weighted by molar-refractivity contribution is 7.22. The van der Waals surface area contributed by atoms with Crippen LogP contribution in [0.3, 0.4) is 0 Å². The van der Waals surface area contributed by atoms with Gasteiger partial charge in [-0.25, -0.2) is 9.78 Å². The van der Waals surface area contributed by atoms with Crippen LogP contribution in [0.25, 0.3) is 21.3 Å². The predicted octanol–water partition coefficient (Wildman–Crippen LogP) is 3.43. The van der Waals surface area contributed by atoms with Gasteiger partial charge in [0.15, 0.2) is 10.7 Å². The van der Waals surface area contributed by atoms with E-state index in [1.807, 2.05) is 6.07 Å². The highest BCUT2D eigenvalue weighted by Gasteiger charge is 2.28. The Bertz CT molecular complexity index is 1330. The molecule has 2 aromatic carbocycles. The molecule has 172 valence electrons. The van der Waals surface area contributed by atoms with Gasteiger partial charge >= 0.3 is 5.76 Å². The van der Waals surface area contributed by atoms with Crippen LogP contribution in [0.2, 0.25) is 0 Å². The van der Waals surface area contributed by atoms with Crippen LogP contribution in [-0.4, -0.2) is 48.9 Å². The van der Waals surface area contributed by atoms with Crippen LogP contribution >= 0.6 is 11.3 Å². The number of nitrogens with zero attached hydrogens (tertiary/aromatic N) is 3. The van der Waals surface area contributed by atoms with Gasteiger partial charge in [-0.2, -0.15) is 0 Å². The third-order valence-electron chi connectivity index (χ3n) is 5.71. The van der Waals surface area contributed by atoms with Crippen molar-refractivity contribution >= 4 is 43.7 Å². The summed E-state index contributed by atoms with van der Waals surface area (Å²) in [5, 5.41) is 0.495. The molecule has 9 nitrogen and oxygen atoms in total. The van der Waals surface area contributed by atoms with Gasteiger partial charge in [-0.05, 0) is 37.1 Å². The molecule has 10 heteroatoms. The van der Waals surface area contributed by atoms with Gasteiger partial charge in [0.1, 0.15) is 28.3 Å². The number of oxazole rings is 1. The Labute approximate surface area is 193 Å². The SMILES string of the molecule is COc1ccc(OC)c2sc(N(CC3CCCO3)C(=O)Cn3c(=O)oc4ccccc43)nc12. The molecule has 0 spiro atoms. The van der Waals surface area contributed by atoms with E-state index >= 15 is 0 Å². The smallest absolute Gasteiger partial charge is 0.420 e. The molecule has 0 saturated carbocycles. The lowest BCUT2D eigenvalue weighted by Crippen LogP contribution is -2.40. The number of amides is 1. The summed E-state index contributed by atoms with van der Waals surface area (Å²) in [6, 6.07) is 10.6. The normalized spacial score (nSPS) is 15.9. The zero-order chi connectivity index (χ0) is 22.9.